The minimum absolute atomic E-state index is 0. The van der Waals surface area contributed by atoms with E-state index in [1.807, 2.05) is 29.1 Å². The van der Waals surface area contributed by atoms with Gasteiger partial charge in [0.1, 0.15) is 0 Å². The molecular weight excluding hydrogens is 551 g/mol. The van der Waals surface area contributed by atoms with Crippen LogP contribution in [0, 0.1) is 6.92 Å². The van der Waals surface area contributed by atoms with E-state index in [1.165, 1.54) is 44.5 Å². The molecule has 0 bridgehead atoms. The fraction of sp³-hybridized carbons (Fsp3) is 0.0286. The topological polar surface area (TPSA) is 17.8 Å². The summed E-state index contributed by atoms with van der Waals surface area (Å²) in [6.07, 6.45) is 1.87. The molecule has 1 spiro atoms. The first-order chi connectivity index (χ1) is 18.3. The fourth-order valence-corrected chi connectivity index (χ4v) is 6.69. The van der Waals surface area contributed by atoms with Crippen molar-refractivity contribution in [3.63, 3.8) is 0 Å². The number of fused-ring (bicyclic) bond motifs is 10. The maximum Gasteiger partial charge on any atom is 0.0725 e. The number of hydrogen-bond acceptors (Lipinski definition) is 1. The summed E-state index contributed by atoms with van der Waals surface area (Å²) < 4.78 is 2.00. The van der Waals surface area contributed by atoms with E-state index in [2.05, 4.69) is 115 Å². The van der Waals surface area contributed by atoms with Crippen molar-refractivity contribution in [1.29, 1.82) is 0 Å². The van der Waals surface area contributed by atoms with Crippen LogP contribution in [0.1, 0.15) is 27.8 Å². The van der Waals surface area contributed by atoms with E-state index >= 15 is 0 Å². The van der Waals surface area contributed by atoms with Crippen molar-refractivity contribution < 1.29 is 19.5 Å². The molecule has 0 atom stereocenters. The van der Waals surface area contributed by atoms with E-state index in [0.717, 1.165) is 22.5 Å². The summed E-state index contributed by atoms with van der Waals surface area (Å²) in [4.78, 5) is 0. The predicted octanol–water partition coefficient (Wildman–Crippen LogP) is 8.06. The fourth-order valence-electron chi connectivity index (χ4n) is 6.69. The van der Waals surface area contributed by atoms with Gasteiger partial charge >= 0.3 is 0 Å². The summed E-state index contributed by atoms with van der Waals surface area (Å²) in [5, 5.41) is 4.67. The number of nitrogens with zero attached hydrogens (tertiary/aromatic N) is 2. The van der Waals surface area contributed by atoms with Crippen LogP contribution in [-0.4, -0.2) is 9.78 Å². The van der Waals surface area contributed by atoms with Crippen molar-refractivity contribution >= 4 is 0 Å². The van der Waals surface area contributed by atoms with Gasteiger partial charge in [0.15, 0.2) is 0 Å². The Morgan fingerprint density at radius 1 is 0.553 bits per heavy atom. The van der Waals surface area contributed by atoms with Gasteiger partial charge in [-0.15, -0.1) is 6.07 Å². The Balaban J connectivity index is 0.00000242. The third-order valence-corrected chi connectivity index (χ3v) is 8.16. The van der Waals surface area contributed by atoms with Crippen molar-refractivity contribution in [3.05, 3.63) is 162 Å². The summed E-state index contributed by atoms with van der Waals surface area (Å²) in [7, 11) is 0. The van der Waals surface area contributed by atoms with E-state index in [9.17, 15) is 0 Å². The zero-order chi connectivity index (χ0) is 24.6. The molecule has 0 saturated heterocycles. The molecule has 6 aromatic rings. The van der Waals surface area contributed by atoms with Crippen LogP contribution in [0.2, 0.25) is 0 Å². The second-order valence-corrected chi connectivity index (χ2v) is 9.90. The molecule has 0 amide bonds. The zero-order valence-electron chi connectivity index (χ0n) is 20.6. The number of para-hydroxylation sites is 1. The van der Waals surface area contributed by atoms with E-state index in [4.69, 9.17) is 0 Å². The molecule has 1 aromatic heterocycles. The first kappa shape index (κ1) is 23.0. The molecule has 2 aliphatic carbocycles. The molecular formula is C35H23N2Rh-. The molecule has 0 fully saturated rings. The Morgan fingerprint density at radius 3 is 1.71 bits per heavy atom. The van der Waals surface area contributed by atoms with Crippen LogP contribution in [-0.2, 0) is 24.9 Å². The van der Waals surface area contributed by atoms with Crippen molar-refractivity contribution in [3.8, 4) is 39.2 Å². The molecule has 183 valence electrons. The van der Waals surface area contributed by atoms with Crippen molar-refractivity contribution in [2.75, 3.05) is 0 Å². The molecule has 2 nitrogen and oxygen atoms in total. The van der Waals surface area contributed by atoms with E-state index in [1.54, 1.807) is 0 Å². The molecule has 2 aliphatic rings. The van der Waals surface area contributed by atoms with Gasteiger partial charge in [-0.2, -0.15) is 23.7 Å². The molecule has 1 radical (unpaired) electrons. The number of benzene rings is 5. The second kappa shape index (κ2) is 8.41. The molecule has 8 rings (SSSR count). The summed E-state index contributed by atoms with van der Waals surface area (Å²) in [6.45, 7) is 4.23. The molecule has 38 heavy (non-hydrogen) atoms. The summed E-state index contributed by atoms with van der Waals surface area (Å²) in [6, 6.07) is 43.9. The van der Waals surface area contributed by atoms with Gasteiger partial charge in [0.2, 0.25) is 0 Å². The maximum atomic E-state index is 4.67. The normalized spacial score (nSPS) is 13.4. The maximum absolute atomic E-state index is 4.67. The first-order valence-corrected chi connectivity index (χ1v) is 12.7. The Morgan fingerprint density at radius 2 is 1.08 bits per heavy atom. The molecule has 3 heteroatoms. The largest absolute Gasteiger partial charge is 0.286 e. The standard InChI is InChI=1S/C35H23N2.Rh/c1-23-10-2-9-17-33(23)37-34(20-21-36-37)24-18-19-32-28(22-24)27-13-5-8-16-31(27)35(32)29-14-6-3-11-25(29)26-12-4-7-15-30(26)35;/h2-22H,1H2;/q-1;. The Kier molecular flexibility index (Phi) is 5.08. The second-order valence-electron chi connectivity index (χ2n) is 9.90. The summed E-state index contributed by atoms with van der Waals surface area (Å²) in [5.74, 6) is 0. The molecule has 0 saturated carbocycles. The van der Waals surface area contributed by atoms with Crippen LogP contribution in [0.25, 0.3) is 39.2 Å². The number of rotatable bonds is 2. The van der Waals surface area contributed by atoms with Crippen molar-refractivity contribution in [2.45, 2.75) is 5.41 Å². The summed E-state index contributed by atoms with van der Waals surface area (Å²) in [5.41, 5.74) is 14.5. The van der Waals surface area contributed by atoms with E-state index < -0.39 is 0 Å². The van der Waals surface area contributed by atoms with E-state index in [-0.39, 0.29) is 24.9 Å². The van der Waals surface area contributed by atoms with Gasteiger partial charge in [0.05, 0.1) is 11.1 Å². The smallest absolute Gasteiger partial charge is 0.0725 e. The first-order valence-electron chi connectivity index (χ1n) is 12.7. The van der Waals surface area contributed by atoms with Gasteiger partial charge in [0.25, 0.3) is 0 Å². The van der Waals surface area contributed by atoms with Gasteiger partial charge in [0, 0.05) is 25.7 Å². The van der Waals surface area contributed by atoms with Crippen LogP contribution in [0.4, 0.5) is 0 Å². The molecule has 0 unspecified atom stereocenters. The van der Waals surface area contributed by atoms with Gasteiger partial charge in [-0.1, -0.05) is 97.1 Å². The monoisotopic (exact) mass is 574 g/mol. The van der Waals surface area contributed by atoms with Gasteiger partial charge in [-0.25, -0.2) is 0 Å². The third-order valence-electron chi connectivity index (χ3n) is 8.16. The average molecular weight is 574 g/mol. The Hall–Kier alpha value is -4.20. The van der Waals surface area contributed by atoms with Crippen molar-refractivity contribution in [1.82, 2.24) is 9.78 Å². The zero-order valence-corrected chi connectivity index (χ0v) is 22.2. The van der Waals surface area contributed by atoms with Gasteiger partial charge in [-0.05, 0) is 67.9 Å². The van der Waals surface area contributed by atoms with Crippen LogP contribution >= 0.6 is 0 Å². The van der Waals surface area contributed by atoms with Crippen molar-refractivity contribution in [2.24, 2.45) is 0 Å². The quantitative estimate of drug-likeness (QED) is 0.151. The number of aromatic nitrogens is 2. The minimum atomic E-state index is -0.308. The molecule has 0 N–H and O–H groups in total. The van der Waals surface area contributed by atoms with Gasteiger partial charge < -0.3 is 0 Å². The molecule has 1 heterocycles. The Labute approximate surface area is 235 Å². The van der Waals surface area contributed by atoms with Gasteiger partial charge in [-0.3, -0.25) is 4.68 Å². The average Bonchev–Trinajstić information content (AvgIpc) is 3.63. The number of hydrogen-bond donors (Lipinski definition) is 0. The molecule has 5 aromatic carbocycles. The summed E-state index contributed by atoms with van der Waals surface area (Å²) >= 11 is 0. The predicted molar refractivity (Wildman–Crippen MR) is 150 cm³/mol. The Bertz CT molecular complexity index is 1820. The SMILES string of the molecule is [CH2-]c1ccccc1-n1nccc1-c1ccc2c(c1)-c1ccccc1C21c2ccccc2-c2ccccc21.[Rh]. The van der Waals surface area contributed by atoms with E-state index in [0.29, 0.717) is 0 Å². The van der Waals surface area contributed by atoms with Crippen LogP contribution in [0.5, 0.6) is 0 Å². The van der Waals surface area contributed by atoms with Crippen LogP contribution in [0.15, 0.2) is 128 Å². The minimum Gasteiger partial charge on any atom is -0.286 e. The van der Waals surface area contributed by atoms with Crippen LogP contribution < -0.4 is 0 Å². The third kappa shape index (κ3) is 2.86. The van der Waals surface area contributed by atoms with Crippen LogP contribution in [0.3, 0.4) is 0 Å². The molecule has 0 aliphatic heterocycles.